The van der Waals surface area contributed by atoms with Gasteiger partial charge in [0.2, 0.25) is 0 Å². The van der Waals surface area contributed by atoms with Gasteiger partial charge in [-0.05, 0) is 141 Å². The van der Waals surface area contributed by atoms with Crippen LogP contribution < -0.4 is 0 Å². The minimum Gasteiger partial charge on any atom is -0.462 e. The van der Waals surface area contributed by atoms with Gasteiger partial charge in [-0.2, -0.15) is 0 Å². The van der Waals surface area contributed by atoms with Gasteiger partial charge in [0.1, 0.15) is 13.2 Å². The van der Waals surface area contributed by atoms with Crippen LogP contribution in [0, 0.1) is 0 Å². The maximum Gasteiger partial charge on any atom is 0.306 e. The number of esters is 3. The van der Waals surface area contributed by atoms with Gasteiger partial charge in [-0.1, -0.05) is 289 Å². The fraction of sp³-hybridized carbons (Fsp3) is 0.675. The highest BCUT2D eigenvalue weighted by molar-refractivity contribution is 5.71. The molecule has 6 nitrogen and oxygen atoms in total. The molecule has 0 amide bonds. The molecule has 0 aromatic carbocycles. The lowest BCUT2D eigenvalue weighted by atomic mass is 10.1. The summed E-state index contributed by atoms with van der Waals surface area (Å²) >= 11 is 0. The monoisotopic (exact) mass is 1150 g/mol. The average molecular weight is 1150 g/mol. The van der Waals surface area contributed by atoms with E-state index in [2.05, 4.69) is 154 Å². The van der Waals surface area contributed by atoms with Crippen molar-refractivity contribution in [2.45, 2.75) is 322 Å². The Morgan fingerprint density at radius 3 is 0.771 bits per heavy atom. The third kappa shape index (κ3) is 68.2. The summed E-state index contributed by atoms with van der Waals surface area (Å²) in [5.74, 6) is -0.901. The Labute approximate surface area is 513 Å². The normalized spacial score (nSPS) is 13.0. The topological polar surface area (TPSA) is 78.9 Å². The zero-order valence-electron chi connectivity index (χ0n) is 54.2. The molecule has 0 aliphatic rings. The summed E-state index contributed by atoms with van der Waals surface area (Å²) in [7, 11) is 0. The molecule has 83 heavy (non-hydrogen) atoms. The summed E-state index contributed by atoms with van der Waals surface area (Å²) < 4.78 is 16.9. The van der Waals surface area contributed by atoms with Gasteiger partial charge in [0.15, 0.2) is 6.10 Å². The Balaban J connectivity index is 4.25. The van der Waals surface area contributed by atoms with Gasteiger partial charge in [-0.15, -0.1) is 0 Å². The fourth-order valence-corrected chi connectivity index (χ4v) is 9.43. The van der Waals surface area contributed by atoms with Crippen molar-refractivity contribution in [3.8, 4) is 0 Å². The first-order valence-corrected chi connectivity index (χ1v) is 34.7. The van der Waals surface area contributed by atoms with E-state index in [0.29, 0.717) is 19.3 Å². The van der Waals surface area contributed by atoms with E-state index in [9.17, 15) is 14.4 Å². The van der Waals surface area contributed by atoms with E-state index >= 15 is 0 Å². The number of rotatable bonds is 62. The highest BCUT2D eigenvalue weighted by Crippen LogP contribution is 2.16. The Bertz CT molecular complexity index is 1750. The molecule has 0 saturated carbocycles. The van der Waals surface area contributed by atoms with Crippen LogP contribution in [-0.4, -0.2) is 37.2 Å². The standard InChI is InChI=1S/C77H128O6/c1-4-7-10-13-16-19-22-25-27-29-30-31-32-33-34-35-36-37-38-39-40-41-42-43-44-45-46-48-49-52-55-58-61-64-67-70-76(79)82-73-74(72-81-75(78)69-66-63-60-57-54-51-24-21-18-15-12-9-6-3)83-77(80)71-68-65-62-59-56-53-50-47-28-26-23-20-17-14-11-8-5-2/h7,10,16-17,19-21,24-28,30-31,33-34,36-37,39-40,42-43,74H,4-6,8-9,11-15,18,22-23,29,32,35,38,41,44-73H2,1-3H3/b10-7-,19-16-,20-17-,24-21-,27-25-,28-26-,31-30-,34-33-,37-36-,40-39-,43-42-. The molecule has 0 radical (unpaired) electrons. The lowest BCUT2D eigenvalue weighted by Gasteiger charge is -2.18. The molecule has 0 heterocycles. The molecular formula is C77H128O6. The molecule has 0 aliphatic heterocycles. The van der Waals surface area contributed by atoms with E-state index in [1.54, 1.807) is 0 Å². The highest BCUT2D eigenvalue weighted by Gasteiger charge is 2.19. The number of unbranched alkanes of at least 4 members (excludes halogenated alkanes) is 29. The van der Waals surface area contributed by atoms with Crippen LogP contribution in [0.15, 0.2) is 134 Å². The van der Waals surface area contributed by atoms with Gasteiger partial charge in [-0.3, -0.25) is 14.4 Å². The molecule has 472 valence electrons. The van der Waals surface area contributed by atoms with E-state index in [1.165, 1.54) is 141 Å². The molecule has 0 fully saturated rings. The minimum atomic E-state index is -0.791. The van der Waals surface area contributed by atoms with Gasteiger partial charge in [-0.25, -0.2) is 0 Å². The largest absolute Gasteiger partial charge is 0.462 e. The highest BCUT2D eigenvalue weighted by atomic mass is 16.6. The van der Waals surface area contributed by atoms with Crippen LogP contribution in [-0.2, 0) is 28.6 Å². The minimum absolute atomic E-state index is 0.0874. The summed E-state index contributed by atoms with van der Waals surface area (Å²) in [5.41, 5.74) is 0. The molecule has 0 bridgehead atoms. The Morgan fingerprint density at radius 1 is 0.253 bits per heavy atom. The molecule has 0 aromatic heterocycles. The summed E-state index contributed by atoms with van der Waals surface area (Å²) in [6.07, 6.45) is 99.0. The first kappa shape index (κ1) is 78.5. The number of carbonyl (C=O) groups excluding carboxylic acids is 3. The van der Waals surface area contributed by atoms with Gasteiger partial charge in [0.25, 0.3) is 0 Å². The molecule has 0 aromatic rings. The number of ether oxygens (including phenoxy) is 3. The Kier molecular flexibility index (Phi) is 66.3. The van der Waals surface area contributed by atoms with Crippen LogP contribution >= 0.6 is 0 Å². The van der Waals surface area contributed by atoms with Crippen molar-refractivity contribution in [3.05, 3.63) is 134 Å². The molecule has 1 unspecified atom stereocenters. The van der Waals surface area contributed by atoms with Gasteiger partial charge in [0.05, 0.1) is 0 Å². The number of carbonyl (C=O) groups is 3. The van der Waals surface area contributed by atoms with Crippen LogP contribution in [0.2, 0.25) is 0 Å². The van der Waals surface area contributed by atoms with Crippen LogP contribution in [0.4, 0.5) is 0 Å². The fourth-order valence-electron chi connectivity index (χ4n) is 9.43. The third-order valence-corrected chi connectivity index (χ3v) is 14.6. The predicted molar refractivity (Wildman–Crippen MR) is 362 cm³/mol. The van der Waals surface area contributed by atoms with Crippen molar-refractivity contribution in [1.82, 2.24) is 0 Å². The van der Waals surface area contributed by atoms with E-state index < -0.39 is 6.10 Å². The number of hydrogen-bond acceptors (Lipinski definition) is 6. The number of hydrogen-bond donors (Lipinski definition) is 0. The maximum atomic E-state index is 12.9. The average Bonchev–Trinajstić information content (AvgIpc) is 3.49. The van der Waals surface area contributed by atoms with Crippen molar-refractivity contribution < 1.29 is 28.6 Å². The van der Waals surface area contributed by atoms with Gasteiger partial charge < -0.3 is 14.2 Å². The molecular weight excluding hydrogens is 1020 g/mol. The first-order chi connectivity index (χ1) is 41.0. The Hall–Kier alpha value is -4.45. The van der Waals surface area contributed by atoms with E-state index in [4.69, 9.17) is 14.2 Å². The zero-order chi connectivity index (χ0) is 59.9. The lowest BCUT2D eigenvalue weighted by Crippen LogP contribution is -2.30. The molecule has 0 saturated heterocycles. The maximum absolute atomic E-state index is 12.9. The second-order valence-corrected chi connectivity index (χ2v) is 22.7. The van der Waals surface area contributed by atoms with Crippen LogP contribution in [0.3, 0.4) is 0 Å². The lowest BCUT2D eigenvalue weighted by molar-refractivity contribution is -0.167. The zero-order valence-corrected chi connectivity index (χ0v) is 54.2. The van der Waals surface area contributed by atoms with E-state index in [-0.39, 0.29) is 31.1 Å². The van der Waals surface area contributed by atoms with Crippen LogP contribution in [0.1, 0.15) is 316 Å². The molecule has 0 spiro atoms. The molecule has 0 N–H and O–H groups in total. The molecule has 0 aliphatic carbocycles. The van der Waals surface area contributed by atoms with Gasteiger partial charge in [0, 0.05) is 19.3 Å². The molecule has 0 rings (SSSR count). The second kappa shape index (κ2) is 70.0. The quantitative estimate of drug-likeness (QED) is 0.0261. The second-order valence-electron chi connectivity index (χ2n) is 22.7. The Morgan fingerprint density at radius 2 is 0.470 bits per heavy atom. The van der Waals surface area contributed by atoms with Crippen LogP contribution in [0.25, 0.3) is 0 Å². The van der Waals surface area contributed by atoms with Crippen molar-refractivity contribution in [1.29, 1.82) is 0 Å². The van der Waals surface area contributed by atoms with E-state index in [1.807, 2.05) is 0 Å². The van der Waals surface area contributed by atoms with Crippen molar-refractivity contribution in [3.63, 3.8) is 0 Å². The smallest absolute Gasteiger partial charge is 0.306 e. The van der Waals surface area contributed by atoms with Crippen molar-refractivity contribution in [2.24, 2.45) is 0 Å². The molecule has 1 atom stereocenters. The number of allylic oxidation sites excluding steroid dienone is 22. The third-order valence-electron chi connectivity index (χ3n) is 14.6. The van der Waals surface area contributed by atoms with Gasteiger partial charge >= 0.3 is 17.9 Å². The summed E-state index contributed by atoms with van der Waals surface area (Å²) in [5, 5.41) is 0. The van der Waals surface area contributed by atoms with E-state index in [0.717, 1.165) is 135 Å². The van der Waals surface area contributed by atoms with Crippen molar-refractivity contribution >= 4 is 17.9 Å². The SMILES string of the molecule is CC/C=C\C/C=C\C/C=C\C/C=C\C/C=C\C/C=C\C/C=C\C/C=C\CCCCCCCCCCCCC(=O)OCC(COC(=O)CCCCCCC/C=C\CCCCCC)OC(=O)CCCCCCCCC/C=C\C/C=C\CCCCC. The first-order valence-electron chi connectivity index (χ1n) is 34.7. The van der Waals surface area contributed by atoms with Crippen molar-refractivity contribution in [2.75, 3.05) is 13.2 Å². The predicted octanol–water partition coefficient (Wildman–Crippen LogP) is 24.1. The summed E-state index contributed by atoms with van der Waals surface area (Å²) in [4.78, 5) is 38.4. The summed E-state index contributed by atoms with van der Waals surface area (Å²) in [6, 6.07) is 0. The van der Waals surface area contributed by atoms with Crippen LogP contribution in [0.5, 0.6) is 0 Å². The molecule has 6 heteroatoms. The summed E-state index contributed by atoms with van der Waals surface area (Å²) in [6.45, 7) is 6.48.